The maximum absolute atomic E-state index is 12.8. The van der Waals surface area contributed by atoms with Crippen LogP contribution in [0.2, 0.25) is 0 Å². The van der Waals surface area contributed by atoms with E-state index in [1.807, 2.05) is 31.2 Å². The molecule has 1 amide bonds. The second-order valence-corrected chi connectivity index (χ2v) is 7.22. The van der Waals surface area contributed by atoms with Gasteiger partial charge in [-0.25, -0.2) is 0 Å². The first-order valence-electron chi connectivity index (χ1n) is 9.67. The Hall–Kier alpha value is -2.46. The lowest BCUT2D eigenvalue weighted by molar-refractivity contribution is -0.129. The summed E-state index contributed by atoms with van der Waals surface area (Å²) >= 11 is 0. The van der Waals surface area contributed by atoms with Crippen molar-refractivity contribution in [2.75, 3.05) is 6.61 Å². The zero-order valence-corrected chi connectivity index (χ0v) is 16.0. The van der Waals surface area contributed by atoms with Gasteiger partial charge < -0.3 is 10.1 Å². The van der Waals surface area contributed by atoms with Crippen molar-refractivity contribution in [2.45, 2.75) is 45.3 Å². The summed E-state index contributed by atoms with van der Waals surface area (Å²) in [6.07, 6.45) is 2.11. The van der Waals surface area contributed by atoms with Crippen LogP contribution in [-0.4, -0.2) is 30.4 Å². The van der Waals surface area contributed by atoms with Crippen LogP contribution >= 0.6 is 0 Å². The maximum atomic E-state index is 12.8. The van der Waals surface area contributed by atoms with E-state index in [4.69, 9.17) is 4.74 Å². The summed E-state index contributed by atoms with van der Waals surface area (Å²) < 4.78 is 5.34. The van der Waals surface area contributed by atoms with Crippen LogP contribution in [0.4, 0.5) is 0 Å². The van der Waals surface area contributed by atoms with Gasteiger partial charge in [-0.3, -0.25) is 9.59 Å². The molecule has 2 aromatic rings. The number of carbonyl (C=O) groups is 2. The first-order valence-corrected chi connectivity index (χ1v) is 9.67. The molecule has 142 valence electrons. The molecule has 1 aliphatic heterocycles. The molecule has 1 aliphatic rings. The van der Waals surface area contributed by atoms with Gasteiger partial charge >= 0.3 is 0 Å². The fourth-order valence-corrected chi connectivity index (χ4v) is 3.60. The zero-order valence-electron chi connectivity index (χ0n) is 16.0. The molecule has 0 radical (unpaired) electrons. The maximum Gasteiger partial charge on any atom is 0.224 e. The van der Waals surface area contributed by atoms with Gasteiger partial charge in [-0.05, 0) is 36.5 Å². The van der Waals surface area contributed by atoms with E-state index in [1.54, 1.807) is 0 Å². The minimum absolute atomic E-state index is 0.0443. The molecule has 3 atom stereocenters. The van der Waals surface area contributed by atoms with Crippen molar-refractivity contribution in [2.24, 2.45) is 5.92 Å². The minimum atomic E-state index is -0.521. The van der Waals surface area contributed by atoms with Crippen molar-refractivity contribution >= 4 is 11.7 Å². The van der Waals surface area contributed by atoms with Gasteiger partial charge in [0.05, 0.1) is 6.10 Å². The molecule has 0 spiro atoms. The van der Waals surface area contributed by atoms with Gasteiger partial charge in [0.25, 0.3) is 0 Å². The van der Waals surface area contributed by atoms with Crippen molar-refractivity contribution in [3.05, 3.63) is 60.2 Å². The van der Waals surface area contributed by atoms with Crippen molar-refractivity contribution in [1.82, 2.24) is 5.32 Å². The predicted octanol–water partition coefficient (Wildman–Crippen LogP) is 3.79. The topological polar surface area (TPSA) is 55.4 Å². The summed E-state index contributed by atoms with van der Waals surface area (Å²) in [6, 6.07) is 18.0. The number of rotatable bonds is 7. The van der Waals surface area contributed by atoms with E-state index in [-0.39, 0.29) is 30.3 Å². The molecule has 1 fully saturated rings. The average Bonchev–Trinajstić information content (AvgIpc) is 3.00. The third kappa shape index (κ3) is 4.83. The highest BCUT2D eigenvalue weighted by Gasteiger charge is 2.35. The van der Waals surface area contributed by atoms with Crippen LogP contribution < -0.4 is 5.32 Å². The fraction of sp³-hybridized carbons (Fsp3) is 0.391. The van der Waals surface area contributed by atoms with Crippen molar-refractivity contribution in [3.8, 4) is 11.1 Å². The second kappa shape index (κ2) is 8.96. The summed E-state index contributed by atoms with van der Waals surface area (Å²) in [6.45, 7) is 3.99. The highest BCUT2D eigenvalue weighted by atomic mass is 16.5. The lowest BCUT2D eigenvalue weighted by Crippen LogP contribution is -2.46. The number of hydrogen-bond donors (Lipinski definition) is 1. The third-order valence-corrected chi connectivity index (χ3v) is 5.13. The molecule has 27 heavy (non-hydrogen) atoms. The molecule has 4 nitrogen and oxygen atoms in total. The Balaban J connectivity index is 1.72. The van der Waals surface area contributed by atoms with E-state index in [2.05, 4.69) is 42.6 Å². The van der Waals surface area contributed by atoms with Crippen LogP contribution in [0.1, 0.15) is 32.3 Å². The molecular weight excluding hydrogens is 338 g/mol. The quantitative estimate of drug-likeness (QED) is 0.812. The standard InChI is InChI=1S/C23H27NO3/c1-3-8-20(23(26)24-22-16(2)27-15-21(22)25)14-17-9-7-12-19(13-17)18-10-5-4-6-11-18/h4-7,9-13,16,20,22H,3,8,14-15H2,1-2H3,(H,24,26)/t16?,20-,22-/m0/s1. The SMILES string of the molecule is CCC[C@@H](Cc1cccc(-c2ccccc2)c1)C(=O)N[C@@H]1C(=O)COC1C. The van der Waals surface area contributed by atoms with Crippen LogP contribution in [0.3, 0.4) is 0 Å². The van der Waals surface area contributed by atoms with Crippen molar-refractivity contribution in [1.29, 1.82) is 0 Å². The largest absolute Gasteiger partial charge is 0.368 e. The van der Waals surface area contributed by atoms with Crippen LogP contribution in [0.25, 0.3) is 11.1 Å². The van der Waals surface area contributed by atoms with E-state index in [0.717, 1.165) is 24.0 Å². The second-order valence-electron chi connectivity index (χ2n) is 7.22. The Bertz CT molecular complexity index is 787. The monoisotopic (exact) mass is 365 g/mol. The van der Waals surface area contributed by atoms with Crippen LogP contribution in [-0.2, 0) is 20.7 Å². The Morgan fingerprint density at radius 3 is 2.56 bits per heavy atom. The molecule has 1 unspecified atom stereocenters. The number of carbonyl (C=O) groups excluding carboxylic acids is 2. The molecule has 0 aliphatic carbocycles. The predicted molar refractivity (Wildman–Crippen MR) is 106 cm³/mol. The lowest BCUT2D eigenvalue weighted by Gasteiger charge is -2.21. The summed E-state index contributed by atoms with van der Waals surface area (Å²) in [5, 5.41) is 2.92. The van der Waals surface area contributed by atoms with E-state index >= 15 is 0 Å². The highest BCUT2D eigenvalue weighted by molar-refractivity contribution is 5.92. The molecule has 3 rings (SSSR count). The van der Waals surface area contributed by atoms with Crippen molar-refractivity contribution < 1.29 is 14.3 Å². The smallest absolute Gasteiger partial charge is 0.224 e. The number of benzene rings is 2. The van der Waals surface area contributed by atoms with Gasteiger partial charge in [-0.1, -0.05) is 67.9 Å². The molecule has 1 heterocycles. The highest BCUT2D eigenvalue weighted by Crippen LogP contribution is 2.23. The summed E-state index contributed by atoms with van der Waals surface area (Å²) in [5.41, 5.74) is 3.45. The molecule has 2 aromatic carbocycles. The van der Waals surface area contributed by atoms with E-state index in [0.29, 0.717) is 6.42 Å². The molecule has 0 saturated carbocycles. The number of amides is 1. The van der Waals surface area contributed by atoms with Crippen LogP contribution in [0.5, 0.6) is 0 Å². The molecule has 1 saturated heterocycles. The molecule has 4 heteroatoms. The first kappa shape index (κ1) is 19.3. The van der Waals surface area contributed by atoms with Gasteiger partial charge in [0.15, 0.2) is 5.78 Å². The number of nitrogens with one attached hydrogen (secondary N) is 1. The Labute approximate surface area is 160 Å². The lowest BCUT2D eigenvalue weighted by atomic mass is 9.92. The Morgan fingerprint density at radius 1 is 1.15 bits per heavy atom. The average molecular weight is 365 g/mol. The molecule has 0 bridgehead atoms. The number of ketones is 1. The van der Waals surface area contributed by atoms with Gasteiger partial charge in [-0.2, -0.15) is 0 Å². The molecular formula is C23H27NO3. The number of hydrogen-bond acceptors (Lipinski definition) is 3. The Kier molecular flexibility index (Phi) is 6.40. The number of ether oxygens (including phenoxy) is 1. The van der Waals surface area contributed by atoms with Crippen LogP contribution in [0, 0.1) is 5.92 Å². The summed E-state index contributed by atoms with van der Waals surface area (Å²) in [5.74, 6) is -0.253. The van der Waals surface area contributed by atoms with E-state index in [9.17, 15) is 9.59 Å². The van der Waals surface area contributed by atoms with Gasteiger partial charge in [0, 0.05) is 5.92 Å². The van der Waals surface area contributed by atoms with E-state index < -0.39 is 6.04 Å². The molecule has 0 aromatic heterocycles. The summed E-state index contributed by atoms with van der Waals surface area (Å²) in [7, 11) is 0. The third-order valence-electron chi connectivity index (χ3n) is 5.13. The van der Waals surface area contributed by atoms with Crippen molar-refractivity contribution in [3.63, 3.8) is 0 Å². The minimum Gasteiger partial charge on any atom is -0.368 e. The van der Waals surface area contributed by atoms with Crippen LogP contribution in [0.15, 0.2) is 54.6 Å². The summed E-state index contributed by atoms with van der Waals surface area (Å²) in [4.78, 5) is 24.7. The van der Waals surface area contributed by atoms with Gasteiger partial charge in [0.2, 0.25) is 5.91 Å². The van der Waals surface area contributed by atoms with Gasteiger partial charge in [-0.15, -0.1) is 0 Å². The number of Topliss-reactive ketones (excluding diaryl/α,β-unsaturated/α-hetero) is 1. The first-order chi connectivity index (χ1) is 13.1. The van der Waals surface area contributed by atoms with E-state index in [1.165, 1.54) is 5.56 Å². The fourth-order valence-electron chi connectivity index (χ4n) is 3.60. The normalized spacial score (nSPS) is 20.4. The Morgan fingerprint density at radius 2 is 1.89 bits per heavy atom. The molecule has 1 N–H and O–H groups in total. The zero-order chi connectivity index (χ0) is 19.2. The van der Waals surface area contributed by atoms with Gasteiger partial charge in [0.1, 0.15) is 12.6 Å².